The minimum atomic E-state index is -0.572. The smallest absolute Gasteiger partial charge is 0.262 e. The topological polar surface area (TPSA) is 87.7 Å². The fourth-order valence-electron chi connectivity index (χ4n) is 2.55. The lowest BCUT2D eigenvalue weighted by atomic mass is 10.2. The van der Waals surface area contributed by atoms with Crippen molar-refractivity contribution in [1.82, 2.24) is 15.8 Å². The molecule has 1 aliphatic rings. The van der Waals surface area contributed by atoms with Gasteiger partial charge in [-0.1, -0.05) is 12.5 Å². The molecule has 0 bridgehead atoms. The number of ether oxygens (including phenoxy) is 1. The van der Waals surface area contributed by atoms with Crippen LogP contribution in [-0.2, 0) is 14.4 Å². The zero-order valence-electron chi connectivity index (χ0n) is 14.6. The molecule has 1 aromatic rings. The second kappa shape index (κ2) is 9.55. The van der Waals surface area contributed by atoms with Gasteiger partial charge in [-0.25, -0.2) is 4.39 Å². The quantitative estimate of drug-likeness (QED) is 0.611. The molecule has 0 radical (unpaired) electrons. The van der Waals surface area contributed by atoms with Gasteiger partial charge in [0.05, 0.1) is 7.11 Å². The third kappa shape index (κ3) is 5.87. The first-order valence-corrected chi connectivity index (χ1v) is 8.38. The summed E-state index contributed by atoms with van der Waals surface area (Å²) in [6.07, 6.45) is 5.69. The maximum Gasteiger partial charge on any atom is 0.262 e. The first-order valence-electron chi connectivity index (χ1n) is 8.38. The summed E-state index contributed by atoms with van der Waals surface area (Å²) in [6.45, 7) is 0.454. The Balaban J connectivity index is 1.79. The zero-order valence-corrected chi connectivity index (χ0v) is 14.6. The zero-order chi connectivity index (χ0) is 18.9. The number of nitrogens with one attached hydrogen (secondary N) is 2. The summed E-state index contributed by atoms with van der Waals surface area (Å²) in [5.74, 6) is -1.52. The summed E-state index contributed by atoms with van der Waals surface area (Å²) in [7, 11) is 1.36. The van der Waals surface area contributed by atoms with Crippen LogP contribution < -0.4 is 15.6 Å². The maximum atomic E-state index is 13.6. The van der Waals surface area contributed by atoms with Crippen molar-refractivity contribution < 1.29 is 23.5 Å². The monoisotopic (exact) mass is 363 g/mol. The predicted molar refractivity (Wildman–Crippen MR) is 93.3 cm³/mol. The van der Waals surface area contributed by atoms with E-state index >= 15 is 0 Å². The van der Waals surface area contributed by atoms with E-state index in [1.165, 1.54) is 36.3 Å². The van der Waals surface area contributed by atoms with Crippen LogP contribution in [0.2, 0.25) is 0 Å². The highest BCUT2D eigenvalue weighted by Crippen LogP contribution is 2.18. The standard InChI is InChI=1S/C18H22FN3O4/c1-26-15-8-6-13(11-14(15)19)7-9-16(23)20-21-17(24)12-22-10-4-2-3-5-18(22)25/h6-9,11H,2-5,10,12H2,1H3,(H,20,23)(H,21,24)/b9-7+. The van der Waals surface area contributed by atoms with Gasteiger partial charge in [0.1, 0.15) is 6.54 Å². The number of benzene rings is 1. The first kappa shape index (κ1) is 19.4. The number of carbonyl (C=O) groups is 3. The van der Waals surface area contributed by atoms with Gasteiger partial charge in [-0.2, -0.15) is 0 Å². The van der Waals surface area contributed by atoms with Gasteiger partial charge in [0.25, 0.3) is 11.8 Å². The average molecular weight is 363 g/mol. The van der Waals surface area contributed by atoms with E-state index < -0.39 is 17.6 Å². The van der Waals surface area contributed by atoms with Gasteiger partial charge in [0.15, 0.2) is 11.6 Å². The molecule has 1 aromatic carbocycles. The highest BCUT2D eigenvalue weighted by Gasteiger charge is 2.19. The number of rotatable bonds is 5. The second-order valence-electron chi connectivity index (χ2n) is 5.89. The Hall–Kier alpha value is -2.90. The van der Waals surface area contributed by atoms with E-state index in [1.54, 1.807) is 6.07 Å². The molecule has 26 heavy (non-hydrogen) atoms. The van der Waals surface area contributed by atoms with Crippen LogP contribution in [0.15, 0.2) is 24.3 Å². The first-order chi connectivity index (χ1) is 12.5. The molecular formula is C18H22FN3O4. The number of carbonyl (C=O) groups excluding carboxylic acids is 3. The third-order valence-corrected chi connectivity index (χ3v) is 3.93. The molecule has 0 unspecified atom stereocenters. The van der Waals surface area contributed by atoms with Gasteiger partial charge in [0.2, 0.25) is 5.91 Å². The van der Waals surface area contributed by atoms with Crippen LogP contribution in [-0.4, -0.2) is 42.8 Å². The SMILES string of the molecule is COc1ccc(/C=C/C(=O)NNC(=O)CN2CCCCCC2=O)cc1F. The van der Waals surface area contributed by atoms with Gasteiger partial charge in [0, 0.05) is 19.0 Å². The van der Waals surface area contributed by atoms with E-state index in [9.17, 15) is 18.8 Å². The molecule has 2 N–H and O–H groups in total. The Kier molecular flexibility index (Phi) is 7.13. The van der Waals surface area contributed by atoms with Crippen LogP contribution in [0, 0.1) is 5.82 Å². The minimum absolute atomic E-state index is 0.0506. The van der Waals surface area contributed by atoms with E-state index in [0.717, 1.165) is 19.3 Å². The number of likely N-dealkylation sites (tertiary alicyclic amines) is 1. The summed E-state index contributed by atoms with van der Waals surface area (Å²) >= 11 is 0. The van der Waals surface area contributed by atoms with Crippen LogP contribution in [0.1, 0.15) is 31.2 Å². The summed E-state index contributed by atoms with van der Waals surface area (Å²) < 4.78 is 18.4. The van der Waals surface area contributed by atoms with Gasteiger partial charge in [-0.05, 0) is 36.6 Å². The molecule has 0 spiro atoms. The summed E-state index contributed by atoms with van der Waals surface area (Å²) in [6, 6.07) is 4.27. The Bertz CT molecular complexity index is 706. The number of nitrogens with zero attached hydrogens (tertiary/aromatic N) is 1. The lowest BCUT2D eigenvalue weighted by molar-refractivity contribution is -0.136. The Morgan fingerprint density at radius 1 is 1.27 bits per heavy atom. The minimum Gasteiger partial charge on any atom is -0.494 e. The van der Waals surface area contributed by atoms with Gasteiger partial charge >= 0.3 is 0 Å². The van der Waals surface area contributed by atoms with Crippen molar-refractivity contribution in [2.45, 2.75) is 25.7 Å². The Morgan fingerprint density at radius 3 is 2.81 bits per heavy atom. The number of methoxy groups -OCH3 is 1. The fourth-order valence-corrected chi connectivity index (χ4v) is 2.55. The molecule has 2 rings (SSSR count). The number of hydrogen-bond donors (Lipinski definition) is 2. The molecule has 8 heteroatoms. The van der Waals surface area contributed by atoms with Crippen molar-refractivity contribution in [3.63, 3.8) is 0 Å². The summed E-state index contributed by atoms with van der Waals surface area (Å²) in [5, 5.41) is 0. The van der Waals surface area contributed by atoms with Crippen molar-refractivity contribution in [1.29, 1.82) is 0 Å². The molecule has 0 saturated carbocycles. The average Bonchev–Trinajstić information content (AvgIpc) is 2.83. The van der Waals surface area contributed by atoms with Crippen molar-refractivity contribution in [3.05, 3.63) is 35.7 Å². The molecule has 140 valence electrons. The van der Waals surface area contributed by atoms with E-state index in [2.05, 4.69) is 10.9 Å². The van der Waals surface area contributed by atoms with Gasteiger partial charge in [-0.3, -0.25) is 25.2 Å². The Morgan fingerprint density at radius 2 is 2.08 bits per heavy atom. The lowest BCUT2D eigenvalue weighted by Gasteiger charge is -2.19. The van der Waals surface area contributed by atoms with Crippen LogP contribution in [0.25, 0.3) is 6.08 Å². The molecule has 1 fully saturated rings. The lowest BCUT2D eigenvalue weighted by Crippen LogP contribution is -2.47. The highest BCUT2D eigenvalue weighted by atomic mass is 19.1. The van der Waals surface area contributed by atoms with E-state index in [0.29, 0.717) is 18.5 Å². The molecule has 1 saturated heterocycles. The molecule has 7 nitrogen and oxygen atoms in total. The second-order valence-corrected chi connectivity index (χ2v) is 5.89. The van der Waals surface area contributed by atoms with Gasteiger partial charge in [-0.15, -0.1) is 0 Å². The summed E-state index contributed by atoms with van der Waals surface area (Å²) in [5.41, 5.74) is 4.96. The Labute approximate surface area is 151 Å². The van der Waals surface area contributed by atoms with E-state index in [4.69, 9.17) is 4.74 Å². The van der Waals surface area contributed by atoms with Crippen LogP contribution >= 0.6 is 0 Å². The molecule has 1 heterocycles. The molecule has 0 aromatic heterocycles. The van der Waals surface area contributed by atoms with Crippen LogP contribution in [0.5, 0.6) is 5.75 Å². The maximum absolute atomic E-state index is 13.6. The molecule has 0 atom stereocenters. The fraction of sp³-hybridized carbons (Fsp3) is 0.389. The molecular weight excluding hydrogens is 341 g/mol. The number of amides is 3. The van der Waals surface area contributed by atoms with E-state index in [-0.39, 0.29) is 18.2 Å². The van der Waals surface area contributed by atoms with Crippen molar-refractivity contribution in [2.24, 2.45) is 0 Å². The van der Waals surface area contributed by atoms with Gasteiger partial charge < -0.3 is 9.64 Å². The predicted octanol–water partition coefficient (Wildman–Crippen LogP) is 1.40. The van der Waals surface area contributed by atoms with Crippen molar-refractivity contribution in [3.8, 4) is 5.75 Å². The molecule has 1 aliphatic heterocycles. The van der Waals surface area contributed by atoms with E-state index in [1.807, 2.05) is 0 Å². The van der Waals surface area contributed by atoms with Crippen molar-refractivity contribution in [2.75, 3.05) is 20.2 Å². The third-order valence-electron chi connectivity index (χ3n) is 3.93. The highest BCUT2D eigenvalue weighted by molar-refractivity contribution is 5.93. The largest absolute Gasteiger partial charge is 0.494 e. The van der Waals surface area contributed by atoms with Crippen LogP contribution in [0.4, 0.5) is 4.39 Å². The molecule has 3 amide bonds. The number of hydrogen-bond acceptors (Lipinski definition) is 4. The van der Waals surface area contributed by atoms with Crippen LogP contribution in [0.3, 0.4) is 0 Å². The normalized spacial score (nSPS) is 14.8. The molecule has 0 aliphatic carbocycles. The summed E-state index contributed by atoms with van der Waals surface area (Å²) in [4.78, 5) is 36.9. The number of halogens is 1. The number of hydrazine groups is 1. The van der Waals surface area contributed by atoms with Crippen molar-refractivity contribution >= 4 is 23.8 Å².